The van der Waals surface area contributed by atoms with Crippen LogP contribution in [0.1, 0.15) is 79.1 Å². The van der Waals surface area contributed by atoms with E-state index >= 15 is 0 Å². The summed E-state index contributed by atoms with van der Waals surface area (Å²) in [6, 6.07) is 0.585. The second-order valence-electron chi connectivity index (χ2n) is 10.5. The number of carbonyl (C=O) groups excluding carboxylic acids is 2. The van der Waals surface area contributed by atoms with Gasteiger partial charge in [-0.25, -0.2) is 9.59 Å². The van der Waals surface area contributed by atoms with Crippen LogP contribution in [0.3, 0.4) is 0 Å². The molecule has 2 fully saturated rings. The van der Waals surface area contributed by atoms with Crippen molar-refractivity contribution in [1.82, 2.24) is 10.6 Å². The van der Waals surface area contributed by atoms with E-state index in [1.165, 1.54) is 39.9 Å². The molecule has 0 saturated heterocycles. The first-order chi connectivity index (χ1) is 15.2. The molecule has 0 aromatic carbocycles. The maximum atomic E-state index is 12.8. The Kier molecular flexibility index (Phi) is 8.29. The average molecular weight is 447 g/mol. The summed E-state index contributed by atoms with van der Waals surface area (Å²) in [6.45, 7) is 9.09. The predicted octanol–water partition coefficient (Wildman–Crippen LogP) is 4.46. The Balaban J connectivity index is 1.88. The van der Waals surface area contributed by atoms with Crippen LogP contribution in [0.5, 0.6) is 0 Å². The van der Waals surface area contributed by atoms with Gasteiger partial charge in [0.1, 0.15) is 0 Å². The normalized spacial score (nSPS) is 33.6. The maximum Gasteiger partial charge on any atom is 0.335 e. The molecule has 0 aromatic heterocycles. The third-order valence-electron chi connectivity index (χ3n) is 7.93. The van der Waals surface area contributed by atoms with Crippen LogP contribution in [0.25, 0.3) is 0 Å². The van der Waals surface area contributed by atoms with E-state index in [1.807, 2.05) is 0 Å². The van der Waals surface area contributed by atoms with Crippen molar-refractivity contribution in [2.24, 2.45) is 23.7 Å². The smallest absolute Gasteiger partial charge is 0.335 e. The number of methoxy groups -OCH3 is 2. The van der Waals surface area contributed by atoms with Gasteiger partial charge in [0.15, 0.2) is 0 Å². The zero-order chi connectivity index (χ0) is 23.4. The number of esters is 2. The first kappa shape index (κ1) is 24.7. The predicted molar refractivity (Wildman–Crippen MR) is 126 cm³/mol. The molecule has 180 valence electrons. The van der Waals surface area contributed by atoms with Gasteiger partial charge in [-0.05, 0) is 49.4 Å². The summed E-state index contributed by atoms with van der Waals surface area (Å²) in [7, 11) is 2.85. The van der Waals surface area contributed by atoms with E-state index < -0.39 is 0 Å². The van der Waals surface area contributed by atoms with Gasteiger partial charge in [-0.3, -0.25) is 0 Å². The first-order valence-electron chi connectivity index (χ1n) is 12.4. The van der Waals surface area contributed by atoms with Crippen LogP contribution < -0.4 is 10.6 Å². The van der Waals surface area contributed by atoms with Crippen LogP contribution in [0, 0.1) is 23.7 Å². The Hall–Kier alpha value is -1.98. The molecule has 0 bridgehead atoms. The van der Waals surface area contributed by atoms with Crippen molar-refractivity contribution in [3.63, 3.8) is 0 Å². The van der Waals surface area contributed by atoms with E-state index in [1.54, 1.807) is 0 Å². The Morgan fingerprint density at radius 2 is 1.06 bits per heavy atom. The Bertz CT molecular complexity index is 708. The third-order valence-corrected chi connectivity index (χ3v) is 7.93. The largest absolute Gasteiger partial charge is 0.466 e. The second-order valence-corrected chi connectivity index (χ2v) is 10.5. The van der Waals surface area contributed by atoms with E-state index in [4.69, 9.17) is 9.47 Å². The monoisotopic (exact) mass is 446 g/mol. The zero-order valence-electron chi connectivity index (χ0n) is 20.8. The van der Waals surface area contributed by atoms with Crippen molar-refractivity contribution in [3.05, 3.63) is 22.5 Å². The Morgan fingerprint density at radius 3 is 1.41 bits per heavy atom. The fourth-order valence-electron chi connectivity index (χ4n) is 5.61. The molecule has 3 aliphatic carbocycles. The Labute approximate surface area is 193 Å². The van der Waals surface area contributed by atoms with Crippen LogP contribution in [0.15, 0.2) is 22.5 Å². The molecule has 0 aromatic rings. The van der Waals surface area contributed by atoms with Crippen molar-refractivity contribution in [2.45, 2.75) is 91.1 Å². The van der Waals surface area contributed by atoms with Crippen LogP contribution in [0.2, 0.25) is 0 Å². The molecule has 0 amide bonds. The lowest BCUT2D eigenvalue weighted by atomic mass is 9.79. The molecule has 0 aliphatic heterocycles. The molecule has 6 heteroatoms. The lowest BCUT2D eigenvalue weighted by Gasteiger charge is -2.38. The lowest BCUT2D eigenvalue weighted by Crippen LogP contribution is -2.43. The highest BCUT2D eigenvalue weighted by Crippen LogP contribution is 2.35. The van der Waals surface area contributed by atoms with Crippen molar-refractivity contribution in [2.75, 3.05) is 14.2 Å². The minimum Gasteiger partial charge on any atom is -0.466 e. The van der Waals surface area contributed by atoms with Gasteiger partial charge in [0, 0.05) is 36.3 Å². The van der Waals surface area contributed by atoms with E-state index in [2.05, 4.69) is 38.3 Å². The lowest BCUT2D eigenvalue weighted by molar-refractivity contribution is -0.138. The number of nitrogens with one attached hydrogen (secondary N) is 2. The summed E-state index contributed by atoms with van der Waals surface area (Å²) in [5, 5.41) is 7.32. The molecule has 6 nitrogen and oxygen atoms in total. The fourth-order valence-corrected chi connectivity index (χ4v) is 5.61. The van der Waals surface area contributed by atoms with Crippen LogP contribution in [-0.4, -0.2) is 38.2 Å². The maximum absolute atomic E-state index is 12.8. The van der Waals surface area contributed by atoms with E-state index in [-0.39, 0.29) is 11.9 Å². The van der Waals surface area contributed by atoms with Gasteiger partial charge in [-0.2, -0.15) is 0 Å². The summed E-state index contributed by atoms with van der Waals surface area (Å²) < 4.78 is 10.3. The topological polar surface area (TPSA) is 76.7 Å². The summed E-state index contributed by atoms with van der Waals surface area (Å²) in [5.41, 5.74) is 2.90. The number of hydrogen-bond donors (Lipinski definition) is 2. The highest BCUT2D eigenvalue weighted by molar-refractivity contribution is 5.95. The van der Waals surface area contributed by atoms with Gasteiger partial charge in [-0.1, -0.05) is 40.5 Å². The summed E-state index contributed by atoms with van der Waals surface area (Å²) in [6.07, 6.45) is 7.69. The minimum absolute atomic E-state index is 0.293. The molecule has 0 radical (unpaired) electrons. The van der Waals surface area contributed by atoms with E-state index in [9.17, 15) is 9.59 Å². The number of carbonyl (C=O) groups is 2. The molecule has 3 rings (SSSR count). The molecule has 2 saturated carbocycles. The molecule has 3 aliphatic rings. The first-order valence-corrected chi connectivity index (χ1v) is 12.4. The highest BCUT2D eigenvalue weighted by atomic mass is 16.5. The van der Waals surface area contributed by atoms with Gasteiger partial charge in [-0.15, -0.1) is 0 Å². The molecule has 6 atom stereocenters. The van der Waals surface area contributed by atoms with Gasteiger partial charge < -0.3 is 20.1 Å². The second kappa shape index (κ2) is 10.8. The molecule has 0 spiro atoms. The third kappa shape index (κ3) is 5.68. The highest BCUT2D eigenvalue weighted by Gasteiger charge is 2.35. The molecule has 0 heterocycles. The van der Waals surface area contributed by atoms with E-state index in [0.29, 0.717) is 59.7 Å². The molecular formula is C26H42N2O4. The molecule has 2 N–H and O–H groups in total. The minimum atomic E-state index is -0.322. The standard InChI is InChI=1S/C26H42N2O4/c1-15-7-9-17(3)21(11-15)27-23-13-20(26(30)32-6)24(14-19(23)25(29)31-5)28-22-12-16(2)8-10-18(22)4/h15-18,21-22,27-28H,7-14H2,1-6H3. The van der Waals surface area contributed by atoms with E-state index in [0.717, 1.165) is 24.2 Å². The van der Waals surface area contributed by atoms with Gasteiger partial charge >= 0.3 is 11.9 Å². The number of hydrogen-bond acceptors (Lipinski definition) is 6. The molecular weight excluding hydrogens is 404 g/mol. The molecule has 32 heavy (non-hydrogen) atoms. The van der Waals surface area contributed by atoms with Crippen LogP contribution in [-0.2, 0) is 19.1 Å². The molecule has 6 unspecified atom stereocenters. The average Bonchev–Trinajstić information content (AvgIpc) is 2.78. The van der Waals surface area contributed by atoms with Crippen molar-refractivity contribution in [1.29, 1.82) is 0 Å². The van der Waals surface area contributed by atoms with Gasteiger partial charge in [0.05, 0.1) is 25.4 Å². The van der Waals surface area contributed by atoms with Gasteiger partial charge in [0.25, 0.3) is 0 Å². The fraction of sp³-hybridized carbons (Fsp3) is 0.769. The Morgan fingerprint density at radius 1 is 0.688 bits per heavy atom. The number of allylic oxidation sites excluding steroid dienone is 2. The SMILES string of the molecule is COC(=O)C1=C(NC2CC(C)CCC2C)CC(C(=O)OC)=C(NC2CC(C)CCC2C)C1. The van der Waals surface area contributed by atoms with Crippen LogP contribution in [0.4, 0.5) is 0 Å². The zero-order valence-corrected chi connectivity index (χ0v) is 20.8. The quantitative estimate of drug-likeness (QED) is 0.587. The van der Waals surface area contributed by atoms with Gasteiger partial charge in [0.2, 0.25) is 0 Å². The van der Waals surface area contributed by atoms with Crippen molar-refractivity contribution < 1.29 is 19.1 Å². The summed E-state index contributed by atoms with van der Waals surface area (Å²) >= 11 is 0. The summed E-state index contributed by atoms with van der Waals surface area (Å²) in [5.74, 6) is 1.70. The number of rotatable bonds is 6. The summed E-state index contributed by atoms with van der Waals surface area (Å²) in [4.78, 5) is 25.6. The van der Waals surface area contributed by atoms with Crippen molar-refractivity contribution in [3.8, 4) is 0 Å². The van der Waals surface area contributed by atoms with Crippen LogP contribution >= 0.6 is 0 Å². The number of ether oxygens (including phenoxy) is 2. The van der Waals surface area contributed by atoms with Crippen molar-refractivity contribution >= 4 is 11.9 Å².